The van der Waals surface area contributed by atoms with E-state index < -0.39 is 6.10 Å². The molecule has 4 aliphatic rings. The predicted octanol–water partition coefficient (Wildman–Crippen LogP) is 3.45. The van der Waals surface area contributed by atoms with Crippen molar-refractivity contribution >= 4 is 0 Å². The summed E-state index contributed by atoms with van der Waals surface area (Å²) in [6.45, 7) is 4.91. The molecule has 3 nitrogen and oxygen atoms in total. The van der Waals surface area contributed by atoms with Crippen LogP contribution in [0.3, 0.4) is 0 Å². The van der Waals surface area contributed by atoms with Gasteiger partial charge in [0.25, 0.3) is 0 Å². The number of imidazole rings is 1. The minimum absolute atomic E-state index is 0.0715. The second-order valence-corrected chi connectivity index (χ2v) is 8.79. The van der Waals surface area contributed by atoms with Gasteiger partial charge in [0.2, 0.25) is 0 Å². The molecule has 1 heterocycles. The Labute approximate surface area is 121 Å². The van der Waals surface area contributed by atoms with Gasteiger partial charge in [-0.2, -0.15) is 0 Å². The molecule has 5 rings (SSSR count). The molecule has 3 atom stereocenters. The fraction of sp³-hybridized carbons (Fsp3) is 0.824. The van der Waals surface area contributed by atoms with Crippen LogP contribution in [0.15, 0.2) is 12.4 Å². The largest absolute Gasteiger partial charge is 0.385 e. The van der Waals surface area contributed by atoms with E-state index in [1.165, 1.54) is 38.5 Å². The third kappa shape index (κ3) is 1.65. The van der Waals surface area contributed by atoms with Crippen molar-refractivity contribution in [3.63, 3.8) is 0 Å². The van der Waals surface area contributed by atoms with Crippen molar-refractivity contribution in [2.24, 2.45) is 29.2 Å². The molecule has 0 aliphatic heterocycles. The number of rotatable bonds is 2. The van der Waals surface area contributed by atoms with Gasteiger partial charge in [-0.25, -0.2) is 4.98 Å². The Morgan fingerprint density at radius 1 is 1.20 bits per heavy atom. The van der Waals surface area contributed by atoms with Crippen molar-refractivity contribution in [3.8, 4) is 0 Å². The lowest BCUT2D eigenvalue weighted by Crippen LogP contribution is -2.57. The molecule has 0 saturated heterocycles. The van der Waals surface area contributed by atoms with Crippen LogP contribution in [0, 0.1) is 22.2 Å². The van der Waals surface area contributed by atoms with E-state index in [9.17, 15) is 5.11 Å². The van der Waals surface area contributed by atoms with E-state index in [0.29, 0.717) is 10.8 Å². The topological polar surface area (TPSA) is 38.0 Å². The second kappa shape index (κ2) is 3.68. The first-order valence-corrected chi connectivity index (χ1v) is 7.99. The number of aliphatic hydroxyl groups excluding tert-OH is 1. The van der Waals surface area contributed by atoms with Gasteiger partial charge in [0.15, 0.2) is 0 Å². The Bertz CT molecular complexity index is 531. The van der Waals surface area contributed by atoms with Crippen molar-refractivity contribution in [3.05, 3.63) is 18.2 Å². The monoisotopic (exact) mass is 274 g/mol. The Hall–Kier alpha value is -0.830. The lowest BCUT2D eigenvalue weighted by Gasteiger charge is -2.66. The lowest BCUT2D eigenvalue weighted by molar-refractivity contribution is -0.189. The molecule has 4 saturated carbocycles. The summed E-state index contributed by atoms with van der Waals surface area (Å²) < 4.78 is 1.99. The zero-order chi connectivity index (χ0) is 14.2. The van der Waals surface area contributed by atoms with E-state index in [-0.39, 0.29) is 5.41 Å². The minimum atomic E-state index is -0.399. The smallest absolute Gasteiger partial charge is 0.137 e. The van der Waals surface area contributed by atoms with Crippen molar-refractivity contribution in [1.82, 2.24) is 9.55 Å². The molecule has 4 fully saturated rings. The van der Waals surface area contributed by atoms with Crippen LogP contribution < -0.4 is 0 Å². The van der Waals surface area contributed by atoms with Crippen molar-refractivity contribution < 1.29 is 5.11 Å². The normalized spacial score (nSPS) is 47.7. The number of aromatic nitrogens is 2. The first-order valence-electron chi connectivity index (χ1n) is 7.99. The van der Waals surface area contributed by atoms with Gasteiger partial charge in [-0.1, -0.05) is 13.8 Å². The Morgan fingerprint density at radius 3 is 2.35 bits per heavy atom. The summed E-state index contributed by atoms with van der Waals surface area (Å²) in [5.74, 6) is 1.68. The second-order valence-electron chi connectivity index (χ2n) is 8.79. The fourth-order valence-corrected chi connectivity index (χ4v) is 6.76. The summed E-state index contributed by atoms with van der Waals surface area (Å²) >= 11 is 0. The maximum atomic E-state index is 11.1. The molecule has 1 N–H and O–H groups in total. The van der Waals surface area contributed by atoms with Gasteiger partial charge in [-0.3, -0.25) is 0 Å². The van der Waals surface area contributed by atoms with Crippen LogP contribution in [0.5, 0.6) is 0 Å². The maximum Gasteiger partial charge on any atom is 0.137 e. The zero-order valence-corrected chi connectivity index (χ0v) is 12.9. The lowest BCUT2D eigenvalue weighted by atomic mass is 9.39. The van der Waals surface area contributed by atoms with E-state index in [4.69, 9.17) is 0 Å². The average molecular weight is 274 g/mol. The van der Waals surface area contributed by atoms with Gasteiger partial charge >= 0.3 is 0 Å². The molecule has 3 heteroatoms. The third-order valence-corrected chi connectivity index (χ3v) is 6.35. The van der Waals surface area contributed by atoms with Crippen molar-refractivity contribution in [2.75, 3.05) is 0 Å². The zero-order valence-electron chi connectivity index (χ0n) is 12.9. The highest BCUT2D eigenvalue weighted by Crippen LogP contribution is 2.72. The fourth-order valence-electron chi connectivity index (χ4n) is 6.76. The van der Waals surface area contributed by atoms with Gasteiger partial charge in [0, 0.05) is 24.9 Å². The van der Waals surface area contributed by atoms with Crippen LogP contribution in [0.25, 0.3) is 0 Å². The number of hydrogen-bond donors (Lipinski definition) is 1. The highest BCUT2D eigenvalue weighted by Gasteiger charge is 2.62. The van der Waals surface area contributed by atoms with Crippen LogP contribution in [-0.4, -0.2) is 14.7 Å². The van der Waals surface area contributed by atoms with Gasteiger partial charge in [0.1, 0.15) is 11.9 Å². The van der Waals surface area contributed by atoms with Gasteiger partial charge < -0.3 is 9.67 Å². The van der Waals surface area contributed by atoms with E-state index in [0.717, 1.165) is 11.7 Å². The molecule has 0 amide bonds. The maximum absolute atomic E-state index is 11.1. The van der Waals surface area contributed by atoms with E-state index >= 15 is 0 Å². The minimum Gasteiger partial charge on any atom is -0.385 e. The van der Waals surface area contributed by atoms with Crippen LogP contribution in [-0.2, 0) is 7.05 Å². The van der Waals surface area contributed by atoms with Crippen LogP contribution >= 0.6 is 0 Å². The van der Waals surface area contributed by atoms with E-state index in [2.05, 4.69) is 18.8 Å². The van der Waals surface area contributed by atoms with E-state index in [1.54, 1.807) is 0 Å². The Balaban J connectivity index is 1.75. The summed E-state index contributed by atoms with van der Waals surface area (Å²) in [4.78, 5) is 4.43. The summed E-state index contributed by atoms with van der Waals surface area (Å²) in [5.41, 5.74) is 0.961. The molecule has 0 spiro atoms. The Kier molecular flexibility index (Phi) is 2.37. The quantitative estimate of drug-likeness (QED) is 0.897. The van der Waals surface area contributed by atoms with Gasteiger partial charge in [-0.15, -0.1) is 0 Å². The average Bonchev–Trinajstić information content (AvgIpc) is 2.69. The molecule has 110 valence electrons. The standard InChI is InChI=1S/C17H26N2O/c1-15-6-12-7-16(2,9-15)11-17(8-12,10-15)13(20)14-18-4-5-19(14)3/h4-5,12-13,20H,6-11H2,1-3H3. The number of nitrogens with zero attached hydrogens (tertiary/aromatic N) is 2. The predicted molar refractivity (Wildman–Crippen MR) is 78.0 cm³/mol. The molecule has 3 unspecified atom stereocenters. The van der Waals surface area contributed by atoms with Crippen LogP contribution in [0.2, 0.25) is 0 Å². The highest BCUT2D eigenvalue weighted by molar-refractivity contribution is 5.15. The van der Waals surface area contributed by atoms with Crippen molar-refractivity contribution in [1.29, 1.82) is 0 Å². The molecule has 4 aliphatic carbocycles. The van der Waals surface area contributed by atoms with Crippen LogP contribution in [0.1, 0.15) is 64.3 Å². The third-order valence-electron chi connectivity index (χ3n) is 6.35. The molecular weight excluding hydrogens is 248 g/mol. The first-order chi connectivity index (χ1) is 9.33. The molecule has 20 heavy (non-hydrogen) atoms. The Morgan fingerprint density at radius 2 is 1.85 bits per heavy atom. The van der Waals surface area contributed by atoms with Gasteiger partial charge in [-0.05, 0) is 55.3 Å². The number of aliphatic hydroxyl groups is 1. The summed E-state index contributed by atoms with van der Waals surface area (Å²) in [5, 5.41) is 11.1. The van der Waals surface area contributed by atoms with Crippen molar-refractivity contribution in [2.45, 2.75) is 58.5 Å². The molecule has 4 bridgehead atoms. The molecular formula is C17H26N2O. The highest BCUT2D eigenvalue weighted by atomic mass is 16.3. The number of hydrogen-bond acceptors (Lipinski definition) is 2. The van der Waals surface area contributed by atoms with E-state index in [1.807, 2.05) is 24.0 Å². The first kappa shape index (κ1) is 12.9. The van der Waals surface area contributed by atoms with Gasteiger partial charge in [0.05, 0.1) is 0 Å². The molecule has 0 radical (unpaired) electrons. The summed E-state index contributed by atoms with van der Waals surface area (Å²) in [6, 6.07) is 0. The summed E-state index contributed by atoms with van der Waals surface area (Å²) in [7, 11) is 2.00. The van der Waals surface area contributed by atoms with Crippen LogP contribution in [0.4, 0.5) is 0 Å². The SMILES string of the molecule is Cn1ccnc1C(O)C12CC3CC(C)(CC(C)(C3)C1)C2. The summed E-state index contributed by atoms with van der Waals surface area (Å²) in [6.07, 6.45) is 11.0. The molecule has 0 aromatic carbocycles. The number of aryl methyl sites for hydroxylation is 1. The molecule has 1 aromatic rings. The molecule has 1 aromatic heterocycles.